The maximum Gasteiger partial charge on any atom is 0.261 e. The topological polar surface area (TPSA) is 58.4 Å². The number of halogens is 1. The Bertz CT molecular complexity index is 736. The van der Waals surface area contributed by atoms with Crippen molar-refractivity contribution < 1.29 is 9.32 Å². The van der Waals surface area contributed by atoms with E-state index in [1.807, 2.05) is 19.1 Å². The molecule has 24 heavy (non-hydrogen) atoms. The standard InChI is InChI=1S/C18H22ClN3O2/c1-3-14-17(12(2)24-21-14)18(23)20-15-11-13(19)7-8-16(15)22-9-5-4-6-10-22/h7-8,11H,3-6,9-10H2,1-2H3,(H,20,23). The van der Waals surface area contributed by atoms with Crippen LogP contribution in [0.25, 0.3) is 0 Å². The zero-order valence-corrected chi connectivity index (χ0v) is 14.8. The highest BCUT2D eigenvalue weighted by Crippen LogP contribution is 2.32. The second kappa shape index (κ2) is 7.26. The number of carbonyl (C=O) groups excluding carboxylic acids is 1. The molecular formula is C18H22ClN3O2. The third-order valence-electron chi connectivity index (χ3n) is 4.40. The van der Waals surface area contributed by atoms with Crippen molar-refractivity contribution in [1.29, 1.82) is 0 Å². The van der Waals surface area contributed by atoms with Gasteiger partial charge in [0.15, 0.2) is 0 Å². The lowest BCUT2D eigenvalue weighted by Gasteiger charge is -2.30. The maximum absolute atomic E-state index is 12.7. The molecule has 1 fully saturated rings. The fourth-order valence-electron chi connectivity index (χ4n) is 3.15. The summed E-state index contributed by atoms with van der Waals surface area (Å²) in [7, 11) is 0. The first-order valence-electron chi connectivity index (χ1n) is 8.41. The Kier molecular flexibility index (Phi) is 5.09. The van der Waals surface area contributed by atoms with Crippen LogP contribution in [-0.4, -0.2) is 24.2 Å². The van der Waals surface area contributed by atoms with Gasteiger partial charge in [-0.25, -0.2) is 0 Å². The van der Waals surface area contributed by atoms with Crippen molar-refractivity contribution in [1.82, 2.24) is 5.16 Å². The van der Waals surface area contributed by atoms with Gasteiger partial charge in [-0.05, 0) is 50.8 Å². The van der Waals surface area contributed by atoms with Gasteiger partial charge in [0.2, 0.25) is 0 Å². The summed E-state index contributed by atoms with van der Waals surface area (Å²) in [4.78, 5) is 15.1. The van der Waals surface area contributed by atoms with E-state index in [2.05, 4.69) is 15.4 Å². The van der Waals surface area contributed by atoms with Crippen LogP contribution in [0, 0.1) is 6.92 Å². The fraction of sp³-hybridized carbons (Fsp3) is 0.444. The molecule has 0 atom stereocenters. The Hall–Kier alpha value is -2.01. The average Bonchev–Trinajstić information content (AvgIpc) is 2.96. The Morgan fingerprint density at radius 3 is 2.79 bits per heavy atom. The van der Waals surface area contributed by atoms with E-state index in [4.69, 9.17) is 16.1 Å². The molecule has 1 saturated heterocycles. The van der Waals surface area contributed by atoms with E-state index in [1.165, 1.54) is 19.3 Å². The highest BCUT2D eigenvalue weighted by atomic mass is 35.5. The quantitative estimate of drug-likeness (QED) is 0.888. The molecule has 0 bridgehead atoms. The summed E-state index contributed by atoms with van der Waals surface area (Å²) in [5.41, 5.74) is 2.94. The first kappa shape index (κ1) is 16.8. The highest BCUT2D eigenvalue weighted by Gasteiger charge is 2.22. The number of aryl methyl sites for hydroxylation is 2. The molecule has 5 nitrogen and oxygen atoms in total. The Morgan fingerprint density at radius 1 is 1.33 bits per heavy atom. The van der Waals surface area contributed by atoms with Crippen LogP contribution in [0.3, 0.4) is 0 Å². The van der Waals surface area contributed by atoms with E-state index >= 15 is 0 Å². The van der Waals surface area contributed by atoms with Crippen molar-refractivity contribution in [3.63, 3.8) is 0 Å². The summed E-state index contributed by atoms with van der Waals surface area (Å²) in [6.45, 7) is 5.70. The second-order valence-corrected chi connectivity index (χ2v) is 6.51. The van der Waals surface area contributed by atoms with Gasteiger partial charge < -0.3 is 14.7 Å². The molecule has 2 aromatic rings. The third-order valence-corrected chi connectivity index (χ3v) is 4.63. The minimum absolute atomic E-state index is 0.203. The number of nitrogens with zero attached hydrogens (tertiary/aromatic N) is 2. The molecule has 3 rings (SSSR count). The largest absolute Gasteiger partial charge is 0.370 e. The molecule has 0 aliphatic carbocycles. The number of nitrogens with one attached hydrogen (secondary N) is 1. The van der Waals surface area contributed by atoms with Crippen molar-refractivity contribution in [2.45, 2.75) is 39.5 Å². The van der Waals surface area contributed by atoms with Crippen molar-refractivity contribution in [3.8, 4) is 0 Å². The van der Waals surface area contributed by atoms with Crippen LogP contribution in [-0.2, 0) is 6.42 Å². The normalized spacial score (nSPS) is 14.7. The third kappa shape index (κ3) is 3.41. The Morgan fingerprint density at radius 2 is 2.08 bits per heavy atom. The summed E-state index contributed by atoms with van der Waals surface area (Å²) in [6, 6.07) is 5.64. The van der Waals surface area contributed by atoms with Gasteiger partial charge in [-0.15, -0.1) is 0 Å². The van der Waals surface area contributed by atoms with Crippen molar-refractivity contribution >= 4 is 28.9 Å². The fourth-order valence-corrected chi connectivity index (χ4v) is 3.33. The van der Waals surface area contributed by atoms with Gasteiger partial charge in [0.05, 0.1) is 17.1 Å². The smallest absolute Gasteiger partial charge is 0.261 e. The summed E-state index contributed by atoms with van der Waals surface area (Å²) in [5.74, 6) is 0.331. The second-order valence-electron chi connectivity index (χ2n) is 6.08. The first-order chi connectivity index (χ1) is 11.6. The van der Waals surface area contributed by atoms with Gasteiger partial charge in [0, 0.05) is 18.1 Å². The molecule has 0 radical (unpaired) electrons. The number of hydrogen-bond acceptors (Lipinski definition) is 4. The molecule has 6 heteroatoms. The number of amides is 1. The summed E-state index contributed by atoms with van der Waals surface area (Å²) < 4.78 is 5.17. The van der Waals surface area contributed by atoms with E-state index in [-0.39, 0.29) is 5.91 Å². The number of carbonyl (C=O) groups is 1. The number of piperidine rings is 1. The van der Waals surface area contributed by atoms with Crippen molar-refractivity contribution in [2.75, 3.05) is 23.3 Å². The predicted octanol–water partition coefficient (Wildman–Crippen LogP) is 4.44. The number of anilines is 2. The number of rotatable bonds is 4. The summed E-state index contributed by atoms with van der Waals surface area (Å²) >= 11 is 6.15. The average molecular weight is 348 g/mol. The van der Waals surface area contributed by atoms with Crippen LogP contribution in [0.1, 0.15) is 48.0 Å². The predicted molar refractivity (Wildman–Crippen MR) is 96.1 cm³/mol. The lowest BCUT2D eigenvalue weighted by molar-refractivity contribution is 0.102. The molecular weight excluding hydrogens is 326 g/mol. The van der Waals surface area contributed by atoms with Gasteiger partial charge in [-0.1, -0.05) is 23.7 Å². The molecule has 1 N–H and O–H groups in total. The molecule has 1 aliphatic rings. The van der Waals surface area contributed by atoms with E-state index in [9.17, 15) is 4.79 Å². The number of aromatic nitrogens is 1. The lowest BCUT2D eigenvalue weighted by Crippen LogP contribution is -2.30. The molecule has 128 valence electrons. The molecule has 1 amide bonds. The van der Waals surface area contributed by atoms with Crippen LogP contribution in [0.5, 0.6) is 0 Å². The highest BCUT2D eigenvalue weighted by molar-refractivity contribution is 6.31. The van der Waals surface area contributed by atoms with Gasteiger partial charge >= 0.3 is 0 Å². The summed E-state index contributed by atoms with van der Waals surface area (Å²) in [6.07, 6.45) is 4.24. The van der Waals surface area contributed by atoms with E-state index in [1.54, 1.807) is 13.0 Å². The van der Waals surface area contributed by atoms with Crippen LogP contribution >= 0.6 is 11.6 Å². The molecule has 1 aliphatic heterocycles. The monoisotopic (exact) mass is 347 g/mol. The Labute approximate surface area is 147 Å². The zero-order chi connectivity index (χ0) is 17.1. The van der Waals surface area contributed by atoms with Crippen molar-refractivity contribution in [2.24, 2.45) is 0 Å². The SMILES string of the molecule is CCc1noc(C)c1C(=O)Nc1cc(Cl)ccc1N1CCCCC1. The molecule has 0 saturated carbocycles. The van der Waals surface area contributed by atoms with Gasteiger partial charge in [-0.2, -0.15) is 0 Å². The zero-order valence-electron chi connectivity index (χ0n) is 14.1. The number of hydrogen-bond donors (Lipinski definition) is 1. The van der Waals surface area contributed by atoms with E-state index in [0.29, 0.717) is 28.5 Å². The van der Waals surface area contributed by atoms with Crippen LogP contribution in [0.15, 0.2) is 22.7 Å². The minimum Gasteiger partial charge on any atom is -0.370 e. The van der Waals surface area contributed by atoms with Crippen LogP contribution < -0.4 is 10.2 Å². The first-order valence-corrected chi connectivity index (χ1v) is 8.79. The van der Waals surface area contributed by atoms with Crippen LogP contribution in [0.2, 0.25) is 5.02 Å². The van der Waals surface area contributed by atoms with Gasteiger partial charge in [0.1, 0.15) is 11.3 Å². The minimum atomic E-state index is -0.203. The molecule has 1 aromatic carbocycles. The van der Waals surface area contributed by atoms with Crippen LogP contribution in [0.4, 0.5) is 11.4 Å². The molecule has 2 heterocycles. The van der Waals surface area contributed by atoms with E-state index < -0.39 is 0 Å². The number of benzene rings is 1. The van der Waals surface area contributed by atoms with E-state index in [0.717, 1.165) is 24.5 Å². The summed E-state index contributed by atoms with van der Waals surface area (Å²) in [5, 5.41) is 7.56. The molecule has 1 aromatic heterocycles. The van der Waals surface area contributed by atoms with Gasteiger partial charge in [0.25, 0.3) is 5.91 Å². The molecule has 0 spiro atoms. The molecule has 0 unspecified atom stereocenters. The van der Waals surface area contributed by atoms with Gasteiger partial charge in [-0.3, -0.25) is 4.79 Å². The van der Waals surface area contributed by atoms with Crippen molar-refractivity contribution in [3.05, 3.63) is 40.2 Å². The maximum atomic E-state index is 12.7. The lowest BCUT2D eigenvalue weighted by atomic mass is 10.1. The Balaban J connectivity index is 1.90.